The molecule has 0 aromatic carbocycles. The summed E-state index contributed by atoms with van der Waals surface area (Å²) >= 11 is 0. The molecule has 0 aliphatic heterocycles. The third kappa shape index (κ3) is 4.20. The van der Waals surface area contributed by atoms with E-state index in [4.69, 9.17) is 0 Å². The van der Waals surface area contributed by atoms with Crippen LogP contribution in [0.1, 0.15) is 38.5 Å². The molecule has 0 saturated heterocycles. The van der Waals surface area contributed by atoms with Crippen LogP contribution in [0.4, 0.5) is 0 Å². The van der Waals surface area contributed by atoms with Gasteiger partial charge in [-0.25, -0.2) is 4.99 Å². The van der Waals surface area contributed by atoms with Crippen LogP contribution in [0.3, 0.4) is 0 Å². The van der Waals surface area contributed by atoms with E-state index in [1.54, 1.807) is 19.0 Å². The molecular weight excluding hydrogens is 228 g/mol. The van der Waals surface area contributed by atoms with Gasteiger partial charge in [-0.3, -0.25) is 4.79 Å². The summed E-state index contributed by atoms with van der Waals surface area (Å²) in [4.78, 5) is 17.5. The van der Waals surface area contributed by atoms with Crippen LogP contribution >= 0.6 is 0 Å². The lowest BCUT2D eigenvalue weighted by Gasteiger charge is -2.17. The summed E-state index contributed by atoms with van der Waals surface area (Å²) in [6.45, 7) is 0.224. The van der Waals surface area contributed by atoms with Gasteiger partial charge in [0.25, 0.3) is 0 Å². The molecule has 0 radical (unpaired) electrons. The molecule has 2 rings (SSSR count). The highest BCUT2D eigenvalue weighted by Gasteiger charge is 2.24. The van der Waals surface area contributed by atoms with Gasteiger partial charge in [0.2, 0.25) is 5.91 Å². The van der Waals surface area contributed by atoms with Crippen molar-refractivity contribution in [2.24, 2.45) is 4.99 Å². The van der Waals surface area contributed by atoms with E-state index in [-0.39, 0.29) is 12.5 Å². The van der Waals surface area contributed by atoms with Gasteiger partial charge in [0, 0.05) is 26.2 Å². The van der Waals surface area contributed by atoms with Crippen LogP contribution in [0.25, 0.3) is 0 Å². The van der Waals surface area contributed by atoms with Gasteiger partial charge in [-0.15, -0.1) is 0 Å². The van der Waals surface area contributed by atoms with Crippen molar-refractivity contribution in [2.75, 3.05) is 20.6 Å². The number of amides is 1. The zero-order valence-corrected chi connectivity index (χ0v) is 11.4. The minimum atomic E-state index is 0.0401. The summed E-state index contributed by atoms with van der Waals surface area (Å²) in [7, 11) is 3.52. The molecule has 5 heteroatoms. The molecule has 1 amide bonds. The van der Waals surface area contributed by atoms with Crippen molar-refractivity contribution >= 4 is 11.9 Å². The van der Waals surface area contributed by atoms with Crippen molar-refractivity contribution in [3.63, 3.8) is 0 Å². The zero-order chi connectivity index (χ0) is 13.0. The molecule has 18 heavy (non-hydrogen) atoms. The van der Waals surface area contributed by atoms with Crippen molar-refractivity contribution in [2.45, 2.75) is 50.6 Å². The van der Waals surface area contributed by atoms with E-state index in [0.717, 1.165) is 5.96 Å². The van der Waals surface area contributed by atoms with Gasteiger partial charge in [-0.2, -0.15) is 0 Å². The van der Waals surface area contributed by atoms with Crippen LogP contribution in [0, 0.1) is 0 Å². The molecule has 0 spiro atoms. The van der Waals surface area contributed by atoms with E-state index in [1.165, 1.54) is 38.5 Å². The molecule has 2 fully saturated rings. The summed E-state index contributed by atoms with van der Waals surface area (Å²) in [5, 5.41) is 6.83. The first-order valence-corrected chi connectivity index (χ1v) is 6.93. The number of aliphatic imine (C=N–C) groups is 1. The Morgan fingerprint density at radius 3 is 2.17 bits per heavy atom. The SMILES string of the molecule is CN(C)C(=O)CN=C(NC1CCCC1)NC1CC1. The second-order valence-corrected chi connectivity index (χ2v) is 5.50. The number of rotatable bonds is 4. The molecule has 102 valence electrons. The summed E-state index contributed by atoms with van der Waals surface area (Å²) in [6.07, 6.45) is 7.45. The number of nitrogens with zero attached hydrogens (tertiary/aromatic N) is 2. The molecular formula is C13H24N4O. The smallest absolute Gasteiger partial charge is 0.243 e. The highest BCUT2D eigenvalue weighted by atomic mass is 16.2. The Bertz CT molecular complexity index is 317. The van der Waals surface area contributed by atoms with Crippen molar-refractivity contribution in [1.82, 2.24) is 15.5 Å². The lowest BCUT2D eigenvalue weighted by molar-refractivity contribution is -0.127. The first kappa shape index (κ1) is 13.2. The van der Waals surface area contributed by atoms with E-state index in [2.05, 4.69) is 15.6 Å². The van der Waals surface area contributed by atoms with Crippen LogP contribution in [0.15, 0.2) is 4.99 Å². The van der Waals surface area contributed by atoms with E-state index in [0.29, 0.717) is 12.1 Å². The van der Waals surface area contributed by atoms with Crippen molar-refractivity contribution in [1.29, 1.82) is 0 Å². The fourth-order valence-corrected chi connectivity index (χ4v) is 2.11. The Kier molecular flexibility index (Phi) is 4.44. The Labute approximate surface area is 109 Å². The van der Waals surface area contributed by atoms with Gasteiger partial charge in [0.1, 0.15) is 6.54 Å². The van der Waals surface area contributed by atoms with Crippen LogP contribution < -0.4 is 10.6 Å². The van der Waals surface area contributed by atoms with E-state index in [9.17, 15) is 4.79 Å². The van der Waals surface area contributed by atoms with Gasteiger partial charge in [-0.05, 0) is 25.7 Å². The number of carbonyl (C=O) groups excluding carboxylic acids is 1. The monoisotopic (exact) mass is 252 g/mol. The first-order chi connectivity index (χ1) is 8.65. The Hall–Kier alpha value is -1.26. The number of hydrogen-bond donors (Lipinski definition) is 2. The first-order valence-electron chi connectivity index (χ1n) is 6.93. The standard InChI is InChI=1S/C13H24N4O/c1-17(2)12(18)9-14-13(16-11-7-8-11)15-10-5-3-4-6-10/h10-11H,3-9H2,1-2H3,(H2,14,15,16). The lowest BCUT2D eigenvalue weighted by Crippen LogP contribution is -2.44. The number of likely N-dealkylation sites (N-methyl/N-ethyl adjacent to an activating group) is 1. The molecule has 0 atom stereocenters. The average Bonchev–Trinajstić information content (AvgIpc) is 3.00. The van der Waals surface area contributed by atoms with E-state index >= 15 is 0 Å². The molecule has 2 N–H and O–H groups in total. The van der Waals surface area contributed by atoms with Crippen molar-refractivity contribution in [3.8, 4) is 0 Å². The van der Waals surface area contributed by atoms with Crippen LogP contribution in [0.5, 0.6) is 0 Å². The molecule has 0 heterocycles. The van der Waals surface area contributed by atoms with Gasteiger partial charge >= 0.3 is 0 Å². The van der Waals surface area contributed by atoms with Crippen LogP contribution in [-0.4, -0.2) is 49.5 Å². The van der Waals surface area contributed by atoms with Crippen molar-refractivity contribution in [3.05, 3.63) is 0 Å². The third-order valence-electron chi connectivity index (χ3n) is 3.49. The Morgan fingerprint density at radius 2 is 1.67 bits per heavy atom. The zero-order valence-electron chi connectivity index (χ0n) is 11.4. The molecule has 0 unspecified atom stereocenters. The lowest BCUT2D eigenvalue weighted by atomic mass is 10.2. The number of guanidine groups is 1. The van der Waals surface area contributed by atoms with Crippen LogP contribution in [-0.2, 0) is 4.79 Å². The topological polar surface area (TPSA) is 56.7 Å². The van der Waals surface area contributed by atoms with E-state index < -0.39 is 0 Å². The average molecular weight is 252 g/mol. The summed E-state index contributed by atoms with van der Waals surface area (Å²) in [5.41, 5.74) is 0. The summed E-state index contributed by atoms with van der Waals surface area (Å²) < 4.78 is 0. The minimum absolute atomic E-state index is 0.0401. The minimum Gasteiger partial charge on any atom is -0.354 e. The van der Waals surface area contributed by atoms with Crippen LogP contribution in [0.2, 0.25) is 0 Å². The molecule has 0 bridgehead atoms. The predicted octanol–water partition coefficient (Wildman–Crippen LogP) is 0.715. The number of carbonyl (C=O) groups is 1. The Morgan fingerprint density at radius 1 is 1.11 bits per heavy atom. The Balaban J connectivity index is 1.85. The summed E-state index contributed by atoms with van der Waals surface area (Å²) in [5.74, 6) is 0.859. The fourth-order valence-electron chi connectivity index (χ4n) is 2.11. The maximum absolute atomic E-state index is 11.5. The molecule has 2 aliphatic carbocycles. The maximum Gasteiger partial charge on any atom is 0.243 e. The molecule has 2 aliphatic rings. The third-order valence-corrected chi connectivity index (χ3v) is 3.49. The van der Waals surface area contributed by atoms with Gasteiger partial charge in [-0.1, -0.05) is 12.8 Å². The number of hydrogen-bond acceptors (Lipinski definition) is 2. The van der Waals surface area contributed by atoms with Gasteiger partial charge in [0.05, 0.1) is 0 Å². The summed E-state index contributed by atoms with van der Waals surface area (Å²) in [6, 6.07) is 1.09. The molecule has 5 nitrogen and oxygen atoms in total. The van der Waals surface area contributed by atoms with Crippen molar-refractivity contribution < 1.29 is 4.79 Å². The highest BCUT2D eigenvalue weighted by Crippen LogP contribution is 2.20. The predicted molar refractivity (Wildman–Crippen MR) is 72.5 cm³/mol. The fraction of sp³-hybridized carbons (Fsp3) is 0.846. The normalized spacial score (nSPS) is 20.9. The second-order valence-electron chi connectivity index (χ2n) is 5.50. The quantitative estimate of drug-likeness (QED) is 0.572. The highest BCUT2D eigenvalue weighted by molar-refractivity contribution is 5.85. The molecule has 2 saturated carbocycles. The number of nitrogens with one attached hydrogen (secondary N) is 2. The maximum atomic E-state index is 11.5. The van der Waals surface area contributed by atoms with Gasteiger partial charge < -0.3 is 15.5 Å². The van der Waals surface area contributed by atoms with Gasteiger partial charge in [0.15, 0.2) is 5.96 Å². The largest absolute Gasteiger partial charge is 0.354 e. The molecule has 0 aromatic heterocycles. The molecule has 0 aromatic rings. The van der Waals surface area contributed by atoms with E-state index in [1.807, 2.05) is 0 Å². The second kappa shape index (κ2) is 6.07.